The number of methoxy groups -OCH3 is 4. The maximum absolute atomic E-state index is 14.2. The molecule has 10 aromatic rings. The summed E-state index contributed by atoms with van der Waals surface area (Å²) in [6, 6.07) is 34.9. The number of furan rings is 2. The van der Waals surface area contributed by atoms with Crippen molar-refractivity contribution >= 4 is 50.7 Å². The second kappa shape index (κ2) is 22.2. The van der Waals surface area contributed by atoms with E-state index in [1.807, 2.05) is 130 Å². The molecule has 2 unspecified atom stereocenters. The summed E-state index contributed by atoms with van der Waals surface area (Å²) in [5.41, 5.74) is 6.77. The normalized spacial score (nSPS) is 15.9. The number of ether oxygens (including phenoxy) is 7. The number of rotatable bonds is 18. The topological polar surface area (TPSA) is 190 Å². The number of piperazine rings is 2. The van der Waals surface area contributed by atoms with Crippen molar-refractivity contribution in [2.24, 2.45) is 0 Å². The van der Waals surface area contributed by atoms with Crippen molar-refractivity contribution in [3.8, 4) is 57.4 Å². The van der Waals surface area contributed by atoms with Gasteiger partial charge in [-0.25, -0.2) is 23.8 Å². The Hall–Kier alpha value is -9.17. The maximum atomic E-state index is 14.2. The van der Waals surface area contributed by atoms with E-state index in [9.17, 15) is 4.79 Å². The Morgan fingerprint density at radius 1 is 0.630 bits per heavy atom. The standard InChI is InChI=1S/C61H64N10O10/c1-38-8-18-58-63-50(34-70(58)65-38)56-31-49-53(27-47(76-7)29-55(49)79-56)78-37-43-33-67(24-25-69(43)41-12-16-45(74-5)17-13-41)60(72)81-61(2,3)21-20-39-9-19-59-64-51(35-71(59)66-39)57-30-48-52(26-46(75-6)28-54(48)80-57)77-36-42-32-62-22-23-68(42)40-10-14-44(73-4)15-11-40/h8-19,26-31,34-35,42-43,62H,20-25,32-33,36-37H2,1-7H3. The van der Waals surface area contributed by atoms with Gasteiger partial charge in [0.05, 0.1) is 75.1 Å². The fourth-order valence-electron chi connectivity index (χ4n) is 10.6. The van der Waals surface area contributed by atoms with E-state index in [0.29, 0.717) is 107 Å². The maximum Gasteiger partial charge on any atom is 0.410 e. The summed E-state index contributed by atoms with van der Waals surface area (Å²) in [5.74, 6) is 5.12. The number of benzene rings is 4. The molecule has 0 bridgehead atoms. The summed E-state index contributed by atoms with van der Waals surface area (Å²) in [6.45, 7) is 10.3. The first kappa shape index (κ1) is 52.5. The molecule has 2 fully saturated rings. The van der Waals surface area contributed by atoms with Crippen LogP contribution in [0.5, 0.6) is 34.5 Å². The van der Waals surface area contributed by atoms with Gasteiger partial charge in [0, 0.05) is 74.9 Å². The van der Waals surface area contributed by atoms with E-state index in [1.54, 1.807) is 42.4 Å². The highest BCUT2D eigenvalue weighted by Gasteiger charge is 2.35. The molecule has 0 spiro atoms. The van der Waals surface area contributed by atoms with Crippen molar-refractivity contribution in [3.05, 3.63) is 133 Å². The minimum absolute atomic E-state index is 0.0831. The van der Waals surface area contributed by atoms with Crippen LogP contribution in [-0.2, 0) is 11.2 Å². The summed E-state index contributed by atoms with van der Waals surface area (Å²) in [5, 5.41) is 14.6. The van der Waals surface area contributed by atoms with E-state index in [2.05, 4.69) is 32.3 Å². The van der Waals surface area contributed by atoms with E-state index in [0.717, 1.165) is 64.7 Å². The van der Waals surface area contributed by atoms with Crippen LogP contribution in [0.1, 0.15) is 31.7 Å². The van der Waals surface area contributed by atoms with Crippen molar-refractivity contribution in [2.45, 2.75) is 51.3 Å². The third-order valence-electron chi connectivity index (χ3n) is 15.1. The Balaban J connectivity index is 0.713. The zero-order valence-electron chi connectivity index (χ0n) is 46.4. The number of nitrogens with zero attached hydrogens (tertiary/aromatic N) is 9. The van der Waals surface area contributed by atoms with E-state index in [4.69, 9.17) is 57.1 Å². The van der Waals surface area contributed by atoms with Crippen molar-refractivity contribution in [3.63, 3.8) is 0 Å². The van der Waals surface area contributed by atoms with Crippen molar-refractivity contribution < 1.29 is 46.8 Å². The van der Waals surface area contributed by atoms with Crippen LogP contribution in [0, 0.1) is 6.92 Å². The second-order valence-electron chi connectivity index (χ2n) is 20.9. The van der Waals surface area contributed by atoms with Crippen LogP contribution < -0.4 is 43.5 Å². The molecule has 418 valence electrons. The summed E-state index contributed by atoms with van der Waals surface area (Å²) in [4.78, 5) is 30.2. The van der Waals surface area contributed by atoms with E-state index in [-0.39, 0.29) is 18.7 Å². The van der Waals surface area contributed by atoms with Crippen molar-refractivity contribution in [1.29, 1.82) is 0 Å². The lowest BCUT2D eigenvalue weighted by Crippen LogP contribution is -2.57. The number of hydrogen-bond acceptors (Lipinski definition) is 17. The lowest BCUT2D eigenvalue weighted by Gasteiger charge is -2.43. The lowest BCUT2D eigenvalue weighted by atomic mass is 10.0. The fraction of sp³-hybridized carbons (Fsp3) is 0.328. The average Bonchev–Trinajstić information content (AvgIpc) is 4.35. The molecule has 20 heteroatoms. The summed E-state index contributed by atoms with van der Waals surface area (Å²) in [6.07, 6.45) is 4.36. The Morgan fingerprint density at radius 2 is 1.17 bits per heavy atom. The van der Waals surface area contributed by atoms with Gasteiger partial charge in [-0.3, -0.25) is 0 Å². The number of carbonyl (C=O) groups excluding carboxylic acids is 1. The van der Waals surface area contributed by atoms with Gasteiger partial charge in [0.1, 0.15) is 75.9 Å². The molecule has 6 aromatic heterocycles. The third-order valence-corrected chi connectivity index (χ3v) is 15.1. The van der Waals surface area contributed by atoms with Gasteiger partial charge in [0.2, 0.25) is 0 Å². The molecule has 2 aliphatic heterocycles. The minimum atomic E-state index is -0.829. The number of carbonyl (C=O) groups is 1. The molecular weight excluding hydrogens is 1030 g/mol. The minimum Gasteiger partial charge on any atom is -0.497 e. The molecule has 1 N–H and O–H groups in total. The molecule has 0 saturated carbocycles. The molecule has 1 amide bonds. The summed E-state index contributed by atoms with van der Waals surface area (Å²) in [7, 11) is 6.56. The molecule has 2 atom stereocenters. The van der Waals surface area contributed by atoms with Gasteiger partial charge in [-0.15, -0.1) is 0 Å². The first-order valence-electron chi connectivity index (χ1n) is 27.1. The lowest BCUT2D eigenvalue weighted by molar-refractivity contribution is 0.00456. The molecule has 8 heterocycles. The van der Waals surface area contributed by atoms with E-state index >= 15 is 0 Å². The predicted molar refractivity (Wildman–Crippen MR) is 307 cm³/mol. The largest absolute Gasteiger partial charge is 0.497 e. The predicted octanol–water partition coefficient (Wildman–Crippen LogP) is 9.92. The smallest absolute Gasteiger partial charge is 0.410 e. The first-order valence-corrected chi connectivity index (χ1v) is 27.1. The Morgan fingerprint density at radius 3 is 1.75 bits per heavy atom. The van der Waals surface area contributed by atoms with Crippen LogP contribution in [0.25, 0.3) is 56.1 Å². The van der Waals surface area contributed by atoms with Crippen LogP contribution in [0.4, 0.5) is 16.2 Å². The fourth-order valence-corrected chi connectivity index (χ4v) is 10.6. The summed E-state index contributed by atoms with van der Waals surface area (Å²) < 4.78 is 58.1. The van der Waals surface area contributed by atoms with Crippen LogP contribution in [0.2, 0.25) is 0 Å². The SMILES string of the molecule is COc1ccc(N2CCNCC2COc2cc(OC)cc3oc(-c4cn5nc(CCC(C)(C)OC(=O)N6CCN(c7ccc(OC)cc7)C(COc7cc(OC)cc8oc(-c9cn%10nc(C)ccc%10n9)cc78)C6)ccc5n4)cc23)cc1. The zero-order chi connectivity index (χ0) is 55.8. The highest BCUT2D eigenvalue weighted by Crippen LogP contribution is 2.39. The van der Waals surface area contributed by atoms with Gasteiger partial charge in [-0.1, -0.05) is 0 Å². The number of aromatic nitrogens is 6. The van der Waals surface area contributed by atoms with Gasteiger partial charge in [0.15, 0.2) is 22.8 Å². The number of imidazole rings is 2. The van der Waals surface area contributed by atoms with Crippen LogP contribution >= 0.6 is 0 Å². The Labute approximate surface area is 467 Å². The van der Waals surface area contributed by atoms with Crippen LogP contribution in [0.15, 0.2) is 130 Å². The average molecular weight is 1100 g/mol. The number of nitrogens with one attached hydrogen (secondary N) is 1. The van der Waals surface area contributed by atoms with Crippen molar-refractivity contribution in [2.75, 3.05) is 90.7 Å². The quantitative estimate of drug-likeness (QED) is 0.0853. The number of aryl methyl sites for hydroxylation is 2. The molecule has 2 saturated heterocycles. The molecule has 12 rings (SSSR count). The third kappa shape index (κ3) is 11.1. The molecular formula is C61H64N10O10. The highest BCUT2D eigenvalue weighted by atomic mass is 16.6. The Kier molecular flexibility index (Phi) is 14.4. The van der Waals surface area contributed by atoms with E-state index < -0.39 is 11.7 Å². The number of anilines is 2. The number of amides is 1. The van der Waals surface area contributed by atoms with Gasteiger partial charge in [-0.2, -0.15) is 10.2 Å². The highest BCUT2D eigenvalue weighted by molar-refractivity contribution is 5.90. The van der Waals surface area contributed by atoms with Gasteiger partial charge >= 0.3 is 6.09 Å². The van der Waals surface area contributed by atoms with Gasteiger partial charge in [0.25, 0.3) is 0 Å². The monoisotopic (exact) mass is 1100 g/mol. The number of fused-ring (bicyclic) bond motifs is 4. The Bertz CT molecular complexity index is 3870. The molecule has 0 aliphatic carbocycles. The molecule has 20 nitrogen and oxygen atoms in total. The summed E-state index contributed by atoms with van der Waals surface area (Å²) >= 11 is 0. The zero-order valence-corrected chi connectivity index (χ0v) is 46.4. The first-order chi connectivity index (χ1) is 39.4. The van der Waals surface area contributed by atoms with Crippen LogP contribution in [0.3, 0.4) is 0 Å². The van der Waals surface area contributed by atoms with Gasteiger partial charge < -0.3 is 62.0 Å². The molecule has 81 heavy (non-hydrogen) atoms. The number of hydrogen-bond donors (Lipinski definition) is 1. The molecule has 2 aliphatic rings. The second-order valence-corrected chi connectivity index (χ2v) is 20.9. The van der Waals surface area contributed by atoms with Crippen molar-refractivity contribution in [1.82, 2.24) is 39.4 Å². The van der Waals surface area contributed by atoms with Crippen LogP contribution in [-0.4, -0.2) is 139 Å². The van der Waals surface area contributed by atoms with E-state index in [1.165, 1.54) is 0 Å². The van der Waals surface area contributed by atoms with Gasteiger partial charge in [-0.05, 0) is 119 Å². The molecule has 0 radical (unpaired) electrons. The molecule has 4 aromatic carbocycles.